The van der Waals surface area contributed by atoms with Crippen molar-refractivity contribution in [1.29, 1.82) is 0 Å². The lowest BCUT2D eigenvalue weighted by Gasteiger charge is -1.79. The Morgan fingerprint density at radius 2 is 2.33 bits per heavy atom. The minimum atomic E-state index is -0.459. The molecule has 2 N–H and O–H groups in total. The summed E-state index contributed by atoms with van der Waals surface area (Å²) in [6, 6.07) is 3.60. The van der Waals surface area contributed by atoms with Gasteiger partial charge in [0.25, 0.3) is 0 Å². The molecule has 62 valence electrons. The molecule has 1 amide bonds. The van der Waals surface area contributed by atoms with Crippen molar-refractivity contribution in [2.24, 2.45) is 5.73 Å². The fraction of sp³-hybridized carbons (Fsp3) is 0. The van der Waals surface area contributed by atoms with E-state index in [2.05, 4.69) is 0 Å². The van der Waals surface area contributed by atoms with Gasteiger partial charge in [-0.25, -0.2) is 0 Å². The van der Waals surface area contributed by atoms with E-state index in [1.54, 1.807) is 30.6 Å². The molecule has 0 aliphatic heterocycles. The third-order valence-corrected chi connectivity index (χ3v) is 1.18. The van der Waals surface area contributed by atoms with Crippen molar-refractivity contribution in [2.75, 3.05) is 0 Å². The number of furan rings is 1. The predicted octanol–water partition coefficient (Wildman–Crippen LogP) is 1.33. The number of nitrogens with two attached hydrogens (primary N) is 1. The monoisotopic (exact) mass is 163 g/mol. The maximum atomic E-state index is 10.2. The summed E-state index contributed by atoms with van der Waals surface area (Å²) < 4.78 is 5.00. The average molecular weight is 163 g/mol. The molecule has 3 heteroatoms. The second-order valence-corrected chi connectivity index (χ2v) is 2.14. The van der Waals surface area contributed by atoms with E-state index in [4.69, 9.17) is 10.2 Å². The van der Waals surface area contributed by atoms with Gasteiger partial charge in [0.05, 0.1) is 6.26 Å². The van der Waals surface area contributed by atoms with Crippen LogP contribution in [0.5, 0.6) is 0 Å². The Balaban J connectivity index is 2.47. The van der Waals surface area contributed by atoms with Crippen LogP contribution >= 0.6 is 0 Å². The lowest BCUT2D eigenvalue weighted by Crippen LogP contribution is -2.04. The van der Waals surface area contributed by atoms with Gasteiger partial charge in [-0.05, 0) is 18.2 Å². The van der Waals surface area contributed by atoms with Crippen molar-refractivity contribution in [2.45, 2.75) is 0 Å². The minimum absolute atomic E-state index is 0.459. The molecule has 0 aliphatic rings. The van der Waals surface area contributed by atoms with Crippen molar-refractivity contribution in [3.05, 3.63) is 42.4 Å². The molecule has 0 aliphatic carbocycles. The van der Waals surface area contributed by atoms with E-state index in [9.17, 15) is 4.79 Å². The highest BCUT2D eigenvalue weighted by Crippen LogP contribution is 2.01. The van der Waals surface area contributed by atoms with Crippen molar-refractivity contribution in [3.8, 4) is 0 Å². The maximum Gasteiger partial charge on any atom is 0.241 e. The molecule has 0 saturated heterocycles. The van der Waals surface area contributed by atoms with Gasteiger partial charge in [-0.1, -0.05) is 12.2 Å². The third kappa shape index (κ3) is 2.88. The molecule has 1 aromatic rings. The van der Waals surface area contributed by atoms with E-state index in [0.29, 0.717) is 0 Å². The molecular weight excluding hydrogens is 154 g/mol. The van der Waals surface area contributed by atoms with Gasteiger partial charge < -0.3 is 10.2 Å². The second-order valence-electron chi connectivity index (χ2n) is 2.14. The number of amides is 1. The van der Waals surface area contributed by atoms with Crippen LogP contribution in [0.4, 0.5) is 0 Å². The summed E-state index contributed by atoms with van der Waals surface area (Å²) in [6.07, 6.45) is 7.84. The molecule has 0 bridgehead atoms. The molecule has 0 fully saturated rings. The maximum absolute atomic E-state index is 10.2. The topological polar surface area (TPSA) is 56.2 Å². The van der Waals surface area contributed by atoms with Crippen molar-refractivity contribution in [1.82, 2.24) is 0 Å². The first-order valence-electron chi connectivity index (χ1n) is 3.47. The summed E-state index contributed by atoms with van der Waals surface area (Å²) in [4.78, 5) is 10.2. The Morgan fingerprint density at radius 1 is 1.50 bits per heavy atom. The summed E-state index contributed by atoms with van der Waals surface area (Å²) in [5.41, 5.74) is 4.87. The molecule has 0 spiro atoms. The number of rotatable bonds is 3. The minimum Gasteiger partial charge on any atom is -0.465 e. The lowest BCUT2D eigenvalue weighted by atomic mass is 10.3. The molecule has 12 heavy (non-hydrogen) atoms. The van der Waals surface area contributed by atoms with E-state index < -0.39 is 5.91 Å². The number of allylic oxidation sites excluding steroid dienone is 2. The van der Waals surface area contributed by atoms with Gasteiger partial charge in [0.1, 0.15) is 5.76 Å². The van der Waals surface area contributed by atoms with E-state index in [1.807, 2.05) is 6.07 Å². The molecule has 1 heterocycles. The van der Waals surface area contributed by atoms with E-state index in [1.165, 1.54) is 6.08 Å². The molecular formula is C9H9NO2. The van der Waals surface area contributed by atoms with Crippen LogP contribution in [-0.2, 0) is 4.79 Å². The summed E-state index contributed by atoms with van der Waals surface area (Å²) >= 11 is 0. The number of carbonyl (C=O) groups is 1. The van der Waals surface area contributed by atoms with Crippen molar-refractivity contribution in [3.63, 3.8) is 0 Å². The Morgan fingerprint density at radius 3 is 2.92 bits per heavy atom. The molecule has 0 aromatic carbocycles. The van der Waals surface area contributed by atoms with Crippen LogP contribution in [0.1, 0.15) is 5.76 Å². The summed E-state index contributed by atoms with van der Waals surface area (Å²) in [5, 5.41) is 0. The SMILES string of the molecule is NC(=O)/C=C/C=C/c1ccco1. The average Bonchev–Trinajstić information content (AvgIpc) is 2.49. The van der Waals surface area contributed by atoms with Crippen molar-refractivity contribution < 1.29 is 9.21 Å². The summed E-state index contributed by atoms with van der Waals surface area (Å²) in [7, 11) is 0. The number of primary amides is 1. The van der Waals surface area contributed by atoms with E-state index in [-0.39, 0.29) is 0 Å². The molecule has 0 atom stereocenters. The first-order valence-corrected chi connectivity index (χ1v) is 3.47. The zero-order valence-corrected chi connectivity index (χ0v) is 6.44. The Labute approximate surface area is 70.2 Å². The van der Waals surface area contributed by atoms with Crippen LogP contribution in [0.25, 0.3) is 6.08 Å². The van der Waals surface area contributed by atoms with Gasteiger partial charge in [0, 0.05) is 6.08 Å². The number of carbonyl (C=O) groups excluding carboxylic acids is 1. The zero-order chi connectivity index (χ0) is 8.81. The molecule has 0 unspecified atom stereocenters. The Bertz CT molecular complexity index is 296. The van der Waals surface area contributed by atoms with Crippen LogP contribution in [0.3, 0.4) is 0 Å². The first kappa shape index (κ1) is 8.33. The third-order valence-electron chi connectivity index (χ3n) is 1.18. The fourth-order valence-corrected chi connectivity index (χ4v) is 0.687. The highest BCUT2D eigenvalue weighted by Gasteiger charge is 1.84. The lowest BCUT2D eigenvalue weighted by molar-refractivity contribution is -0.113. The Hall–Kier alpha value is -1.77. The van der Waals surface area contributed by atoms with Crippen LogP contribution in [0, 0.1) is 0 Å². The quantitative estimate of drug-likeness (QED) is 0.540. The van der Waals surface area contributed by atoms with E-state index in [0.717, 1.165) is 5.76 Å². The molecule has 1 aromatic heterocycles. The van der Waals surface area contributed by atoms with Gasteiger partial charge in [0.15, 0.2) is 0 Å². The highest BCUT2D eigenvalue weighted by molar-refractivity contribution is 5.86. The second kappa shape index (κ2) is 4.18. The van der Waals surface area contributed by atoms with Gasteiger partial charge in [0.2, 0.25) is 5.91 Å². The van der Waals surface area contributed by atoms with Gasteiger partial charge in [-0.15, -0.1) is 0 Å². The van der Waals surface area contributed by atoms with Crippen LogP contribution in [0.2, 0.25) is 0 Å². The van der Waals surface area contributed by atoms with Gasteiger partial charge in [-0.3, -0.25) is 4.79 Å². The van der Waals surface area contributed by atoms with Gasteiger partial charge >= 0.3 is 0 Å². The zero-order valence-electron chi connectivity index (χ0n) is 6.44. The number of hydrogen-bond donors (Lipinski definition) is 1. The smallest absolute Gasteiger partial charge is 0.241 e. The molecule has 0 saturated carbocycles. The van der Waals surface area contributed by atoms with Crippen LogP contribution in [0.15, 0.2) is 41.0 Å². The highest BCUT2D eigenvalue weighted by atomic mass is 16.3. The van der Waals surface area contributed by atoms with Crippen LogP contribution < -0.4 is 5.73 Å². The molecule has 1 rings (SSSR count). The predicted molar refractivity (Wildman–Crippen MR) is 46.1 cm³/mol. The van der Waals surface area contributed by atoms with E-state index >= 15 is 0 Å². The summed E-state index contributed by atoms with van der Waals surface area (Å²) in [6.45, 7) is 0. The Kier molecular flexibility index (Phi) is 2.90. The largest absolute Gasteiger partial charge is 0.465 e. The number of hydrogen-bond acceptors (Lipinski definition) is 2. The summed E-state index contributed by atoms with van der Waals surface area (Å²) in [5.74, 6) is 0.281. The van der Waals surface area contributed by atoms with Crippen LogP contribution in [-0.4, -0.2) is 5.91 Å². The fourth-order valence-electron chi connectivity index (χ4n) is 0.687. The van der Waals surface area contributed by atoms with Crippen molar-refractivity contribution >= 4 is 12.0 Å². The normalized spacial score (nSPS) is 11.3. The van der Waals surface area contributed by atoms with Gasteiger partial charge in [-0.2, -0.15) is 0 Å². The first-order chi connectivity index (χ1) is 5.79. The molecule has 0 radical (unpaired) electrons. The molecule has 3 nitrogen and oxygen atoms in total. The standard InChI is InChI=1S/C9H9NO2/c10-9(11)6-2-1-4-8-5-3-7-12-8/h1-7H,(H2,10,11)/b4-1+,6-2+.